The maximum absolute atomic E-state index is 9.72. The highest BCUT2D eigenvalue weighted by molar-refractivity contribution is 6.18. The molecule has 13 heavy (non-hydrogen) atoms. The number of hydrogen-bond donors (Lipinski definition) is 1. The number of aliphatic hydroxyl groups excluding tert-OH is 1. The molecule has 1 aromatic rings. The molecular weight excluding hydrogens is 188 g/mol. The molecule has 0 spiro atoms. The summed E-state index contributed by atoms with van der Waals surface area (Å²) >= 11 is 5.68. The molecule has 70 valence electrons. The Hall–Kier alpha value is -0.730. The summed E-state index contributed by atoms with van der Waals surface area (Å²) in [6.45, 7) is 0. The molecule has 2 atom stereocenters. The first-order valence-electron chi connectivity index (χ1n) is 4.31. The maximum atomic E-state index is 9.72. The quantitative estimate of drug-likeness (QED) is 0.701. The van der Waals surface area contributed by atoms with Gasteiger partial charge in [0.15, 0.2) is 0 Å². The lowest BCUT2D eigenvalue weighted by atomic mass is 10.00. The van der Waals surface area contributed by atoms with Gasteiger partial charge in [-0.2, -0.15) is 0 Å². The van der Waals surface area contributed by atoms with Crippen molar-refractivity contribution in [1.82, 2.24) is 0 Å². The summed E-state index contributed by atoms with van der Waals surface area (Å²) in [4.78, 5) is 0. The second kappa shape index (κ2) is 3.56. The number of aliphatic hydroxyl groups is 1. The number of para-hydroxylation sites is 1. The molecule has 0 bridgehead atoms. The number of rotatable bonds is 1. The molecule has 3 heteroatoms. The van der Waals surface area contributed by atoms with Crippen molar-refractivity contribution in [1.29, 1.82) is 0 Å². The van der Waals surface area contributed by atoms with Crippen LogP contribution in [0.25, 0.3) is 0 Å². The van der Waals surface area contributed by atoms with Crippen LogP contribution in [0.5, 0.6) is 5.75 Å². The summed E-state index contributed by atoms with van der Waals surface area (Å²) in [6, 6.07) is 7.52. The van der Waals surface area contributed by atoms with Gasteiger partial charge >= 0.3 is 0 Å². The zero-order chi connectivity index (χ0) is 9.26. The minimum Gasteiger partial charge on any atom is -0.489 e. The van der Waals surface area contributed by atoms with E-state index in [-0.39, 0.29) is 6.10 Å². The summed E-state index contributed by atoms with van der Waals surface area (Å²) in [5, 5.41) is 9.72. The lowest BCUT2D eigenvalue weighted by Gasteiger charge is -2.28. The zero-order valence-corrected chi connectivity index (χ0v) is 7.87. The Morgan fingerprint density at radius 3 is 3.00 bits per heavy atom. The van der Waals surface area contributed by atoms with Crippen LogP contribution in [0.1, 0.15) is 18.1 Å². The Morgan fingerprint density at radius 2 is 2.23 bits per heavy atom. The largest absolute Gasteiger partial charge is 0.489 e. The van der Waals surface area contributed by atoms with Crippen LogP contribution < -0.4 is 4.74 Å². The number of hydrogen-bond acceptors (Lipinski definition) is 2. The molecule has 0 saturated carbocycles. The van der Waals surface area contributed by atoms with Gasteiger partial charge in [0.05, 0.1) is 12.0 Å². The first kappa shape index (κ1) is 8.85. The van der Waals surface area contributed by atoms with Crippen molar-refractivity contribution in [3.8, 4) is 5.75 Å². The minimum absolute atomic E-state index is 0.0634. The van der Waals surface area contributed by atoms with Gasteiger partial charge in [-0.1, -0.05) is 18.2 Å². The lowest BCUT2D eigenvalue weighted by Crippen LogP contribution is -2.26. The van der Waals surface area contributed by atoms with Crippen molar-refractivity contribution in [2.24, 2.45) is 0 Å². The Kier molecular flexibility index (Phi) is 2.42. The molecule has 1 aliphatic rings. The molecule has 1 N–H and O–H groups in total. The van der Waals surface area contributed by atoms with Crippen molar-refractivity contribution in [3.63, 3.8) is 0 Å². The van der Waals surface area contributed by atoms with Crippen molar-refractivity contribution in [2.75, 3.05) is 5.88 Å². The zero-order valence-electron chi connectivity index (χ0n) is 7.11. The molecule has 1 aliphatic heterocycles. The predicted molar refractivity (Wildman–Crippen MR) is 51.2 cm³/mol. The van der Waals surface area contributed by atoms with Gasteiger partial charge in [-0.05, 0) is 6.07 Å². The van der Waals surface area contributed by atoms with E-state index in [1.54, 1.807) is 0 Å². The number of fused-ring (bicyclic) bond motifs is 1. The first-order chi connectivity index (χ1) is 6.31. The standard InChI is InChI=1S/C10H11ClO2/c11-6-7-5-9(12)8-3-1-2-4-10(8)13-7/h1-4,7,9,12H,5-6H2. The van der Waals surface area contributed by atoms with Crippen molar-refractivity contribution in [3.05, 3.63) is 29.8 Å². The van der Waals surface area contributed by atoms with E-state index in [1.807, 2.05) is 24.3 Å². The molecule has 0 fully saturated rings. The summed E-state index contributed by atoms with van der Waals surface area (Å²) in [5.74, 6) is 1.18. The number of benzene rings is 1. The maximum Gasteiger partial charge on any atom is 0.125 e. The molecule has 0 saturated heterocycles. The van der Waals surface area contributed by atoms with E-state index >= 15 is 0 Å². The number of alkyl halides is 1. The van der Waals surface area contributed by atoms with E-state index in [9.17, 15) is 5.11 Å². The second-order valence-corrected chi connectivity index (χ2v) is 3.49. The van der Waals surface area contributed by atoms with Crippen molar-refractivity contribution in [2.45, 2.75) is 18.6 Å². The van der Waals surface area contributed by atoms with Crippen LogP contribution in [0, 0.1) is 0 Å². The minimum atomic E-state index is -0.436. The third-order valence-electron chi connectivity index (χ3n) is 2.23. The molecule has 0 aromatic heterocycles. The predicted octanol–water partition coefficient (Wildman–Crippen LogP) is 2.11. The van der Waals surface area contributed by atoms with Crippen molar-refractivity contribution < 1.29 is 9.84 Å². The Balaban J connectivity index is 2.31. The van der Waals surface area contributed by atoms with Gasteiger partial charge in [0.2, 0.25) is 0 Å². The number of ether oxygens (including phenoxy) is 1. The SMILES string of the molecule is OC1CC(CCl)Oc2ccccc21. The first-order valence-corrected chi connectivity index (χ1v) is 4.84. The van der Waals surface area contributed by atoms with Crippen LogP contribution in [0.4, 0.5) is 0 Å². The van der Waals surface area contributed by atoms with Crippen LogP contribution in [0.3, 0.4) is 0 Å². The lowest BCUT2D eigenvalue weighted by molar-refractivity contribution is 0.0764. The average molecular weight is 199 g/mol. The van der Waals surface area contributed by atoms with Crippen LogP contribution >= 0.6 is 11.6 Å². The molecule has 0 radical (unpaired) electrons. The van der Waals surface area contributed by atoms with E-state index in [1.165, 1.54) is 0 Å². The van der Waals surface area contributed by atoms with Crippen LogP contribution in [-0.2, 0) is 0 Å². The third kappa shape index (κ3) is 1.64. The van der Waals surface area contributed by atoms with Gasteiger partial charge in [-0.25, -0.2) is 0 Å². The Morgan fingerprint density at radius 1 is 1.46 bits per heavy atom. The van der Waals surface area contributed by atoms with Gasteiger partial charge in [0, 0.05) is 12.0 Å². The number of halogens is 1. The van der Waals surface area contributed by atoms with E-state index in [4.69, 9.17) is 16.3 Å². The molecule has 0 aliphatic carbocycles. The van der Waals surface area contributed by atoms with Crippen LogP contribution in [0.2, 0.25) is 0 Å². The summed E-state index contributed by atoms with van der Waals surface area (Å²) < 4.78 is 5.56. The molecule has 2 nitrogen and oxygen atoms in total. The van der Waals surface area contributed by atoms with E-state index in [0.29, 0.717) is 12.3 Å². The highest BCUT2D eigenvalue weighted by Crippen LogP contribution is 2.34. The smallest absolute Gasteiger partial charge is 0.125 e. The van der Waals surface area contributed by atoms with Gasteiger partial charge in [-0.3, -0.25) is 0 Å². The third-order valence-corrected chi connectivity index (χ3v) is 2.57. The van der Waals surface area contributed by atoms with Crippen LogP contribution in [0.15, 0.2) is 24.3 Å². The Bertz CT molecular complexity index is 301. The summed E-state index contributed by atoms with van der Waals surface area (Å²) in [7, 11) is 0. The monoisotopic (exact) mass is 198 g/mol. The van der Waals surface area contributed by atoms with Gasteiger partial charge in [-0.15, -0.1) is 11.6 Å². The molecule has 1 heterocycles. The topological polar surface area (TPSA) is 29.5 Å². The highest BCUT2D eigenvalue weighted by atomic mass is 35.5. The average Bonchev–Trinajstić information content (AvgIpc) is 2.18. The second-order valence-electron chi connectivity index (χ2n) is 3.18. The fourth-order valence-corrected chi connectivity index (χ4v) is 1.75. The fourth-order valence-electron chi connectivity index (χ4n) is 1.56. The molecule has 2 rings (SSSR count). The normalized spacial score (nSPS) is 26.3. The fraction of sp³-hybridized carbons (Fsp3) is 0.400. The summed E-state index contributed by atoms with van der Waals surface area (Å²) in [6.07, 6.45) is 0.0841. The van der Waals surface area contributed by atoms with Crippen LogP contribution in [-0.4, -0.2) is 17.1 Å². The van der Waals surface area contributed by atoms with E-state index in [2.05, 4.69) is 0 Å². The van der Waals surface area contributed by atoms with Crippen molar-refractivity contribution >= 4 is 11.6 Å². The Labute approximate surface area is 82.1 Å². The molecule has 2 unspecified atom stereocenters. The highest BCUT2D eigenvalue weighted by Gasteiger charge is 2.25. The molecule has 0 amide bonds. The van der Waals surface area contributed by atoms with Gasteiger partial charge in [0.25, 0.3) is 0 Å². The summed E-state index contributed by atoms with van der Waals surface area (Å²) in [5.41, 5.74) is 0.865. The van der Waals surface area contributed by atoms with E-state index in [0.717, 1.165) is 11.3 Å². The molecular formula is C10H11ClO2. The van der Waals surface area contributed by atoms with Gasteiger partial charge in [0.1, 0.15) is 11.9 Å². The van der Waals surface area contributed by atoms with Gasteiger partial charge < -0.3 is 9.84 Å². The van der Waals surface area contributed by atoms with E-state index < -0.39 is 6.10 Å². The molecule has 1 aromatic carbocycles.